The molecule has 108 valence electrons. The average molecular weight is 266 g/mol. The first-order valence-electron chi connectivity index (χ1n) is 7.72. The summed E-state index contributed by atoms with van der Waals surface area (Å²) in [5.74, 6) is 0.696. The van der Waals surface area contributed by atoms with Gasteiger partial charge in [-0.15, -0.1) is 0 Å². The summed E-state index contributed by atoms with van der Waals surface area (Å²) in [6.07, 6.45) is 10.2. The third-order valence-electron chi connectivity index (χ3n) is 4.44. The van der Waals surface area contributed by atoms with Crippen molar-refractivity contribution in [3.8, 4) is 0 Å². The zero-order chi connectivity index (χ0) is 13.7. The van der Waals surface area contributed by atoms with E-state index in [1.807, 2.05) is 7.05 Å². The summed E-state index contributed by atoms with van der Waals surface area (Å²) in [7, 11) is 1.84. The number of carbonyl (C=O) groups is 2. The fourth-order valence-corrected chi connectivity index (χ4v) is 3.23. The molecule has 0 bridgehead atoms. The molecule has 3 fully saturated rings. The van der Waals surface area contributed by atoms with Gasteiger partial charge in [0.1, 0.15) is 0 Å². The summed E-state index contributed by atoms with van der Waals surface area (Å²) >= 11 is 0. The molecule has 0 spiro atoms. The Kier molecular flexibility index (Phi) is 5.23. The molecule has 2 aliphatic heterocycles. The Morgan fingerprint density at radius 2 is 1.47 bits per heavy atom. The minimum Gasteiger partial charge on any atom is -0.346 e. The van der Waals surface area contributed by atoms with Gasteiger partial charge >= 0.3 is 0 Å². The van der Waals surface area contributed by atoms with Crippen LogP contribution in [0.1, 0.15) is 57.8 Å². The van der Waals surface area contributed by atoms with Gasteiger partial charge in [-0.2, -0.15) is 0 Å². The van der Waals surface area contributed by atoms with E-state index in [4.69, 9.17) is 0 Å². The van der Waals surface area contributed by atoms with Crippen LogP contribution in [0.15, 0.2) is 0 Å². The topological polar surface area (TPSA) is 40.6 Å². The molecular formula is C15H26N2O2. The monoisotopic (exact) mass is 266 g/mol. The van der Waals surface area contributed by atoms with Crippen LogP contribution in [0.2, 0.25) is 0 Å². The molecule has 0 aromatic rings. The Hall–Kier alpha value is -1.06. The van der Waals surface area contributed by atoms with E-state index in [1.165, 1.54) is 32.1 Å². The van der Waals surface area contributed by atoms with Crippen LogP contribution in [-0.2, 0) is 9.59 Å². The number of hydrogen-bond acceptors (Lipinski definition) is 2. The van der Waals surface area contributed by atoms with Crippen LogP contribution in [0.25, 0.3) is 0 Å². The predicted molar refractivity (Wildman–Crippen MR) is 74.7 cm³/mol. The predicted octanol–water partition coefficient (Wildman–Crippen LogP) is 2.18. The van der Waals surface area contributed by atoms with E-state index in [1.54, 1.807) is 4.90 Å². The van der Waals surface area contributed by atoms with Gasteiger partial charge in [-0.3, -0.25) is 9.59 Å². The van der Waals surface area contributed by atoms with Crippen molar-refractivity contribution in [1.82, 2.24) is 9.80 Å². The second-order valence-electron chi connectivity index (χ2n) is 5.90. The smallest absolute Gasteiger partial charge is 0.222 e. The molecule has 0 unspecified atom stereocenters. The summed E-state index contributed by atoms with van der Waals surface area (Å²) in [4.78, 5) is 25.8. The highest BCUT2D eigenvalue weighted by atomic mass is 16.2. The fourth-order valence-electron chi connectivity index (χ4n) is 3.23. The second-order valence-corrected chi connectivity index (χ2v) is 5.90. The molecule has 4 nitrogen and oxygen atoms in total. The van der Waals surface area contributed by atoms with Crippen LogP contribution >= 0.6 is 0 Å². The van der Waals surface area contributed by atoms with Gasteiger partial charge in [-0.25, -0.2) is 0 Å². The van der Waals surface area contributed by atoms with Gasteiger partial charge in [-0.1, -0.05) is 19.3 Å². The molecule has 0 aromatic heterocycles. The maximum Gasteiger partial charge on any atom is 0.222 e. The van der Waals surface area contributed by atoms with Crippen LogP contribution in [0.4, 0.5) is 0 Å². The van der Waals surface area contributed by atoms with Gasteiger partial charge in [-0.05, 0) is 25.7 Å². The molecule has 3 rings (SSSR count). The Morgan fingerprint density at radius 1 is 0.842 bits per heavy atom. The van der Waals surface area contributed by atoms with Crippen LogP contribution in [-0.4, -0.2) is 47.8 Å². The molecule has 0 aromatic carbocycles. The zero-order valence-corrected chi connectivity index (χ0v) is 12.1. The summed E-state index contributed by atoms with van der Waals surface area (Å²) in [5.41, 5.74) is 0. The maximum atomic E-state index is 11.4. The second kappa shape index (κ2) is 6.92. The van der Waals surface area contributed by atoms with Crippen molar-refractivity contribution < 1.29 is 9.59 Å². The van der Waals surface area contributed by atoms with Crippen molar-refractivity contribution in [3.63, 3.8) is 0 Å². The van der Waals surface area contributed by atoms with Gasteiger partial charge in [0.25, 0.3) is 0 Å². The van der Waals surface area contributed by atoms with Crippen LogP contribution in [0.3, 0.4) is 0 Å². The first-order chi connectivity index (χ1) is 9.18. The van der Waals surface area contributed by atoms with Gasteiger partial charge < -0.3 is 9.80 Å². The third-order valence-corrected chi connectivity index (χ3v) is 4.44. The molecule has 1 saturated carbocycles. The molecule has 19 heavy (non-hydrogen) atoms. The first kappa shape index (κ1) is 14.4. The Balaban J connectivity index is 0.000000163. The number of nitrogens with zero attached hydrogens (tertiary/aromatic N) is 2. The van der Waals surface area contributed by atoms with Crippen molar-refractivity contribution >= 4 is 11.8 Å². The highest BCUT2D eigenvalue weighted by Crippen LogP contribution is 2.25. The molecule has 3 aliphatic rings. The first-order valence-corrected chi connectivity index (χ1v) is 7.72. The lowest BCUT2D eigenvalue weighted by Crippen LogP contribution is -2.37. The molecule has 2 amide bonds. The average Bonchev–Trinajstić information content (AvgIpc) is 3.01. The number of rotatable bonds is 1. The molecule has 0 atom stereocenters. The molecule has 0 radical (unpaired) electrons. The van der Waals surface area contributed by atoms with E-state index in [-0.39, 0.29) is 0 Å². The van der Waals surface area contributed by atoms with Crippen molar-refractivity contribution in [1.29, 1.82) is 0 Å². The lowest BCUT2D eigenvalue weighted by molar-refractivity contribution is -0.130. The summed E-state index contributed by atoms with van der Waals surface area (Å²) < 4.78 is 0. The Morgan fingerprint density at radius 3 is 1.89 bits per heavy atom. The highest BCUT2D eigenvalue weighted by Gasteiger charge is 2.28. The molecule has 0 N–H and O–H groups in total. The van der Waals surface area contributed by atoms with E-state index in [9.17, 15) is 9.59 Å². The Bertz CT molecular complexity index is 324. The zero-order valence-electron chi connectivity index (χ0n) is 12.1. The van der Waals surface area contributed by atoms with Crippen LogP contribution in [0.5, 0.6) is 0 Å². The minimum absolute atomic E-state index is 0.292. The van der Waals surface area contributed by atoms with Crippen molar-refractivity contribution in [2.75, 3.05) is 20.1 Å². The number of amides is 2. The van der Waals surface area contributed by atoms with Crippen molar-refractivity contribution in [2.45, 2.75) is 63.8 Å². The molecule has 4 heteroatoms. The van der Waals surface area contributed by atoms with E-state index < -0.39 is 0 Å². The standard InChI is InChI=1S/C10H17NO.C5H9NO/c12-10-7-4-8-11(10)9-5-2-1-3-6-9;1-6-4-2-3-5(6)7/h9H,1-8H2;2-4H2,1H3. The summed E-state index contributed by atoms with van der Waals surface area (Å²) in [5, 5.41) is 0. The van der Waals surface area contributed by atoms with Crippen molar-refractivity contribution in [3.05, 3.63) is 0 Å². The van der Waals surface area contributed by atoms with Gasteiger partial charge in [0, 0.05) is 39.0 Å². The Labute approximate surface area is 116 Å². The summed E-state index contributed by atoms with van der Waals surface area (Å²) in [6.45, 7) is 1.99. The van der Waals surface area contributed by atoms with Gasteiger partial charge in [0.15, 0.2) is 0 Å². The van der Waals surface area contributed by atoms with Crippen LogP contribution in [0, 0.1) is 0 Å². The van der Waals surface area contributed by atoms with E-state index in [2.05, 4.69) is 4.90 Å². The quantitative estimate of drug-likeness (QED) is 0.730. The normalized spacial score (nSPS) is 24.7. The molecule has 1 aliphatic carbocycles. The lowest BCUT2D eigenvalue weighted by atomic mass is 9.94. The van der Waals surface area contributed by atoms with E-state index in [0.717, 1.165) is 38.8 Å². The molecular weight excluding hydrogens is 240 g/mol. The SMILES string of the molecule is CN1CCCC1=O.O=C1CCCN1C1CCCCC1. The fraction of sp³-hybridized carbons (Fsp3) is 0.867. The van der Waals surface area contributed by atoms with Crippen molar-refractivity contribution in [2.24, 2.45) is 0 Å². The van der Waals surface area contributed by atoms with Crippen LogP contribution < -0.4 is 0 Å². The number of hydrogen-bond donors (Lipinski definition) is 0. The van der Waals surface area contributed by atoms with E-state index in [0.29, 0.717) is 17.9 Å². The minimum atomic E-state index is 0.292. The maximum absolute atomic E-state index is 11.4. The van der Waals surface area contributed by atoms with E-state index >= 15 is 0 Å². The lowest BCUT2D eigenvalue weighted by Gasteiger charge is -2.30. The number of likely N-dealkylation sites (tertiary alicyclic amines) is 2. The summed E-state index contributed by atoms with van der Waals surface area (Å²) in [6, 6.07) is 0.605. The third kappa shape index (κ3) is 3.95. The highest BCUT2D eigenvalue weighted by molar-refractivity contribution is 5.78. The number of carbonyl (C=O) groups excluding carboxylic acids is 2. The van der Waals surface area contributed by atoms with Gasteiger partial charge in [0.2, 0.25) is 11.8 Å². The molecule has 2 saturated heterocycles. The largest absolute Gasteiger partial charge is 0.346 e. The molecule has 2 heterocycles. The van der Waals surface area contributed by atoms with Gasteiger partial charge in [0.05, 0.1) is 0 Å².